The van der Waals surface area contributed by atoms with Gasteiger partial charge in [0.15, 0.2) is 11.7 Å². The Kier molecular flexibility index (Phi) is 6.32. The standard InChI is InChI=1S/C24H23F3N2O3/c1-16-2-4-17(5-3-16)20-14-28-22(32-20)10-11-23(30)29-12-13-31-21(15-29)18-6-8-19(9-7-18)24(25,26)27/h2-9,14,21H,10-13,15H2,1H3/t21-/m1/s1. The van der Waals surface area contributed by atoms with Gasteiger partial charge in [-0.3, -0.25) is 4.79 Å². The Morgan fingerprint density at radius 3 is 2.53 bits per heavy atom. The molecule has 0 saturated carbocycles. The minimum Gasteiger partial charge on any atom is -0.441 e. The summed E-state index contributed by atoms with van der Waals surface area (Å²) in [5, 5.41) is 0. The zero-order valence-corrected chi connectivity index (χ0v) is 17.6. The zero-order valence-electron chi connectivity index (χ0n) is 17.6. The van der Waals surface area contributed by atoms with Crippen molar-refractivity contribution >= 4 is 5.91 Å². The van der Waals surface area contributed by atoms with E-state index in [1.165, 1.54) is 12.1 Å². The lowest BCUT2D eigenvalue weighted by molar-refractivity contribution is -0.139. The fourth-order valence-electron chi connectivity index (χ4n) is 3.61. The number of aryl methyl sites for hydroxylation is 2. The molecular weight excluding hydrogens is 421 g/mol. The molecule has 3 aromatic rings. The highest BCUT2D eigenvalue weighted by atomic mass is 19.4. The van der Waals surface area contributed by atoms with E-state index in [2.05, 4.69) is 4.98 Å². The van der Waals surface area contributed by atoms with Gasteiger partial charge in [-0.15, -0.1) is 0 Å². The Bertz CT molecular complexity index is 1060. The summed E-state index contributed by atoms with van der Waals surface area (Å²) in [4.78, 5) is 18.6. The molecule has 32 heavy (non-hydrogen) atoms. The van der Waals surface area contributed by atoms with E-state index in [0.29, 0.717) is 43.3 Å². The van der Waals surface area contributed by atoms with Crippen molar-refractivity contribution in [2.24, 2.45) is 0 Å². The van der Waals surface area contributed by atoms with Gasteiger partial charge in [0.25, 0.3) is 0 Å². The molecule has 2 aromatic carbocycles. The molecule has 1 aliphatic heterocycles. The van der Waals surface area contributed by atoms with Crippen LogP contribution in [0.1, 0.15) is 35.1 Å². The second-order valence-electron chi connectivity index (χ2n) is 7.80. The zero-order chi connectivity index (χ0) is 22.7. The topological polar surface area (TPSA) is 55.6 Å². The summed E-state index contributed by atoms with van der Waals surface area (Å²) in [5.41, 5.74) is 1.99. The van der Waals surface area contributed by atoms with E-state index >= 15 is 0 Å². The lowest BCUT2D eigenvalue weighted by atomic mass is 10.0. The van der Waals surface area contributed by atoms with E-state index in [4.69, 9.17) is 9.15 Å². The minimum absolute atomic E-state index is 0.0692. The summed E-state index contributed by atoms with van der Waals surface area (Å²) >= 11 is 0. The summed E-state index contributed by atoms with van der Waals surface area (Å²) in [6.45, 7) is 3.07. The molecule has 5 nitrogen and oxygen atoms in total. The van der Waals surface area contributed by atoms with Crippen molar-refractivity contribution < 1.29 is 27.1 Å². The first kappa shape index (κ1) is 22.1. The maximum Gasteiger partial charge on any atom is 0.416 e. The SMILES string of the molecule is Cc1ccc(-c2cnc(CCC(=O)N3CCO[C@@H](c4ccc(C(F)(F)F)cc4)C3)o2)cc1. The van der Waals surface area contributed by atoms with Crippen molar-refractivity contribution in [2.45, 2.75) is 32.0 Å². The quantitative estimate of drug-likeness (QED) is 0.543. The molecule has 4 rings (SSSR count). The summed E-state index contributed by atoms with van der Waals surface area (Å²) in [6.07, 6.45) is -2.59. The molecular formula is C24H23F3N2O3. The number of rotatable bonds is 5. The van der Waals surface area contributed by atoms with Gasteiger partial charge in [-0.05, 0) is 24.6 Å². The molecule has 8 heteroatoms. The largest absolute Gasteiger partial charge is 0.441 e. The van der Waals surface area contributed by atoms with Gasteiger partial charge in [0.2, 0.25) is 5.91 Å². The lowest BCUT2D eigenvalue weighted by Crippen LogP contribution is -2.42. The van der Waals surface area contributed by atoms with E-state index in [1.807, 2.05) is 31.2 Å². The van der Waals surface area contributed by atoms with Crippen molar-refractivity contribution in [3.63, 3.8) is 0 Å². The number of nitrogens with zero attached hydrogens (tertiary/aromatic N) is 2. The number of morpholine rings is 1. The van der Waals surface area contributed by atoms with Gasteiger partial charge in [0, 0.05) is 24.9 Å². The van der Waals surface area contributed by atoms with Crippen molar-refractivity contribution in [1.29, 1.82) is 0 Å². The number of aromatic nitrogens is 1. The first-order valence-electron chi connectivity index (χ1n) is 10.4. The van der Waals surface area contributed by atoms with Gasteiger partial charge in [-0.25, -0.2) is 4.98 Å². The smallest absolute Gasteiger partial charge is 0.416 e. The molecule has 1 fully saturated rings. The molecule has 1 atom stereocenters. The third-order valence-corrected chi connectivity index (χ3v) is 5.47. The van der Waals surface area contributed by atoms with E-state index in [0.717, 1.165) is 23.3 Å². The Hall–Kier alpha value is -3.13. The molecule has 1 aliphatic rings. The van der Waals surface area contributed by atoms with Crippen LogP contribution in [0.15, 0.2) is 59.1 Å². The van der Waals surface area contributed by atoms with Crippen LogP contribution in [-0.2, 0) is 22.1 Å². The first-order chi connectivity index (χ1) is 15.3. The summed E-state index contributed by atoms with van der Waals surface area (Å²) in [7, 11) is 0. The first-order valence-corrected chi connectivity index (χ1v) is 10.4. The number of ether oxygens (including phenoxy) is 1. The van der Waals surface area contributed by atoms with Gasteiger partial charge in [-0.1, -0.05) is 42.0 Å². The van der Waals surface area contributed by atoms with Crippen molar-refractivity contribution in [1.82, 2.24) is 9.88 Å². The Morgan fingerprint density at radius 2 is 1.84 bits per heavy atom. The lowest BCUT2D eigenvalue weighted by Gasteiger charge is -2.33. The number of benzene rings is 2. The van der Waals surface area contributed by atoms with Gasteiger partial charge < -0.3 is 14.1 Å². The molecule has 1 saturated heterocycles. The van der Waals surface area contributed by atoms with Crippen molar-refractivity contribution in [2.75, 3.05) is 19.7 Å². The third kappa shape index (κ3) is 5.19. The summed E-state index contributed by atoms with van der Waals surface area (Å²) < 4.78 is 49.8. The van der Waals surface area contributed by atoms with Crippen LogP contribution in [0.4, 0.5) is 13.2 Å². The number of carbonyl (C=O) groups is 1. The Balaban J connectivity index is 1.33. The van der Waals surface area contributed by atoms with Gasteiger partial charge in [0.1, 0.15) is 6.10 Å². The number of halogens is 3. The second-order valence-corrected chi connectivity index (χ2v) is 7.80. The number of alkyl halides is 3. The normalized spacial score (nSPS) is 16.9. The van der Waals surface area contributed by atoms with E-state index in [-0.39, 0.29) is 12.3 Å². The summed E-state index contributed by atoms with van der Waals surface area (Å²) in [5.74, 6) is 1.07. The highest BCUT2D eigenvalue weighted by molar-refractivity contribution is 5.76. The average molecular weight is 444 g/mol. The van der Waals surface area contributed by atoms with Crippen LogP contribution in [0.2, 0.25) is 0 Å². The van der Waals surface area contributed by atoms with Crippen LogP contribution >= 0.6 is 0 Å². The molecule has 0 bridgehead atoms. The average Bonchev–Trinajstić information content (AvgIpc) is 3.26. The summed E-state index contributed by atoms with van der Waals surface area (Å²) in [6, 6.07) is 12.8. The van der Waals surface area contributed by atoms with Crippen LogP contribution in [-0.4, -0.2) is 35.5 Å². The molecule has 0 radical (unpaired) electrons. The Morgan fingerprint density at radius 1 is 1.12 bits per heavy atom. The van der Waals surface area contributed by atoms with Gasteiger partial charge in [0.05, 0.1) is 24.9 Å². The van der Waals surface area contributed by atoms with E-state index < -0.39 is 17.8 Å². The van der Waals surface area contributed by atoms with E-state index in [9.17, 15) is 18.0 Å². The van der Waals surface area contributed by atoms with Crippen LogP contribution in [0.3, 0.4) is 0 Å². The van der Waals surface area contributed by atoms with E-state index in [1.54, 1.807) is 11.1 Å². The molecule has 0 N–H and O–H groups in total. The van der Waals surface area contributed by atoms with Crippen LogP contribution < -0.4 is 0 Å². The maximum absolute atomic E-state index is 12.8. The molecule has 2 heterocycles. The molecule has 168 valence electrons. The number of hydrogen-bond acceptors (Lipinski definition) is 4. The predicted octanol–water partition coefficient (Wildman–Crippen LogP) is 5.20. The molecule has 1 aromatic heterocycles. The van der Waals surface area contributed by atoms with Gasteiger partial charge >= 0.3 is 6.18 Å². The molecule has 0 aliphatic carbocycles. The number of carbonyl (C=O) groups excluding carboxylic acids is 1. The number of amides is 1. The Labute approximate surface area is 183 Å². The second kappa shape index (κ2) is 9.16. The molecule has 0 unspecified atom stereocenters. The number of hydrogen-bond donors (Lipinski definition) is 0. The third-order valence-electron chi connectivity index (χ3n) is 5.47. The predicted molar refractivity (Wildman–Crippen MR) is 112 cm³/mol. The van der Waals surface area contributed by atoms with Crippen molar-refractivity contribution in [3.05, 3.63) is 77.3 Å². The van der Waals surface area contributed by atoms with Crippen LogP contribution in [0, 0.1) is 6.92 Å². The molecule has 1 amide bonds. The fraction of sp³-hybridized carbons (Fsp3) is 0.333. The van der Waals surface area contributed by atoms with Gasteiger partial charge in [-0.2, -0.15) is 13.2 Å². The highest BCUT2D eigenvalue weighted by Crippen LogP contribution is 2.31. The molecule has 0 spiro atoms. The van der Waals surface area contributed by atoms with Crippen LogP contribution in [0.5, 0.6) is 0 Å². The number of oxazole rings is 1. The van der Waals surface area contributed by atoms with Crippen LogP contribution in [0.25, 0.3) is 11.3 Å². The van der Waals surface area contributed by atoms with Crippen molar-refractivity contribution in [3.8, 4) is 11.3 Å². The monoisotopic (exact) mass is 444 g/mol. The minimum atomic E-state index is -4.38. The fourth-order valence-corrected chi connectivity index (χ4v) is 3.61. The maximum atomic E-state index is 12.8. The highest BCUT2D eigenvalue weighted by Gasteiger charge is 2.31.